The second-order valence-electron chi connectivity index (χ2n) is 4.09. The molecule has 0 spiro atoms. The molecule has 0 fully saturated rings. The van der Waals surface area contributed by atoms with Gasteiger partial charge >= 0.3 is 0 Å². The fourth-order valence-electron chi connectivity index (χ4n) is 1.93. The van der Waals surface area contributed by atoms with Crippen molar-refractivity contribution >= 4 is 27.5 Å². The van der Waals surface area contributed by atoms with Gasteiger partial charge in [-0.15, -0.1) is 0 Å². The molecule has 1 aromatic heterocycles. The Kier molecular flexibility index (Phi) is 4.91. The van der Waals surface area contributed by atoms with E-state index in [0.717, 1.165) is 16.6 Å². The highest BCUT2D eigenvalue weighted by atomic mass is 79.9. The molecule has 0 amide bonds. The predicted octanol–water partition coefficient (Wildman–Crippen LogP) is 4.34. The minimum atomic E-state index is -0.321. The summed E-state index contributed by atoms with van der Waals surface area (Å²) in [4.78, 5) is 4.12. The molecule has 0 saturated heterocycles. The van der Waals surface area contributed by atoms with Crippen molar-refractivity contribution in [3.8, 4) is 0 Å². The summed E-state index contributed by atoms with van der Waals surface area (Å²) in [5.41, 5.74) is 1.46. The number of aromatic nitrogens is 1. The van der Waals surface area contributed by atoms with Crippen LogP contribution in [0.2, 0.25) is 5.02 Å². The summed E-state index contributed by atoms with van der Waals surface area (Å²) in [6, 6.07) is 6.40. The van der Waals surface area contributed by atoms with Gasteiger partial charge in [0.15, 0.2) is 0 Å². The van der Waals surface area contributed by atoms with Crippen LogP contribution in [0, 0.1) is 5.82 Å². The molecule has 1 aromatic carbocycles. The third-order valence-electron chi connectivity index (χ3n) is 2.74. The average Bonchev–Trinajstić information content (AvgIpc) is 2.37. The fourth-order valence-corrected chi connectivity index (χ4v) is 2.47. The van der Waals surface area contributed by atoms with Gasteiger partial charge in [-0.2, -0.15) is 0 Å². The number of hydrogen-bond donors (Lipinski definition) is 1. The molecule has 0 saturated carbocycles. The third kappa shape index (κ3) is 3.53. The Hall–Kier alpha value is -0.970. The van der Waals surface area contributed by atoms with Gasteiger partial charge in [0.25, 0.3) is 0 Å². The predicted molar refractivity (Wildman–Crippen MR) is 78.9 cm³/mol. The lowest BCUT2D eigenvalue weighted by molar-refractivity contribution is 0.558. The molecule has 100 valence electrons. The molecular weight excluding hydrogens is 331 g/mol. The molecule has 1 atom stereocenters. The van der Waals surface area contributed by atoms with E-state index < -0.39 is 0 Å². The van der Waals surface area contributed by atoms with Crippen molar-refractivity contribution in [2.45, 2.75) is 13.0 Å². The van der Waals surface area contributed by atoms with Gasteiger partial charge in [-0.1, -0.05) is 24.6 Å². The van der Waals surface area contributed by atoms with E-state index in [0.29, 0.717) is 10.6 Å². The second-order valence-corrected chi connectivity index (χ2v) is 5.45. The van der Waals surface area contributed by atoms with Crippen LogP contribution >= 0.6 is 27.5 Å². The zero-order chi connectivity index (χ0) is 13.8. The summed E-state index contributed by atoms with van der Waals surface area (Å²) in [5.74, 6) is -0.321. The Morgan fingerprint density at radius 1 is 1.37 bits per heavy atom. The van der Waals surface area contributed by atoms with E-state index in [1.165, 1.54) is 6.07 Å². The Morgan fingerprint density at radius 2 is 2.16 bits per heavy atom. The van der Waals surface area contributed by atoms with Crippen molar-refractivity contribution in [2.75, 3.05) is 6.54 Å². The van der Waals surface area contributed by atoms with Crippen LogP contribution in [-0.2, 0) is 0 Å². The zero-order valence-electron chi connectivity index (χ0n) is 10.3. The highest BCUT2D eigenvalue weighted by Crippen LogP contribution is 2.27. The van der Waals surface area contributed by atoms with Gasteiger partial charge < -0.3 is 5.32 Å². The molecule has 0 bridgehead atoms. The first-order valence-electron chi connectivity index (χ1n) is 5.90. The van der Waals surface area contributed by atoms with E-state index in [9.17, 15) is 4.39 Å². The second kappa shape index (κ2) is 6.46. The maximum absolute atomic E-state index is 14.1. The van der Waals surface area contributed by atoms with Crippen LogP contribution in [0.15, 0.2) is 41.1 Å². The molecule has 2 aromatic rings. The molecule has 19 heavy (non-hydrogen) atoms. The van der Waals surface area contributed by atoms with Crippen molar-refractivity contribution in [2.24, 2.45) is 0 Å². The molecule has 1 unspecified atom stereocenters. The number of rotatable bonds is 4. The number of pyridine rings is 1. The summed E-state index contributed by atoms with van der Waals surface area (Å²) in [5, 5.41) is 3.65. The average molecular weight is 344 g/mol. The summed E-state index contributed by atoms with van der Waals surface area (Å²) in [6.45, 7) is 2.70. The first-order valence-corrected chi connectivity index (χ1v) is 7.07. The van der Waals surface area contributed by atoms with Crippen LogP contribution in [0.1, 0.15) is 24.1 Å². The lowest BCUT2D eigenvalue weighted by Gasteiger charge is -2.19. The summed E-state index contributed by atoms with van der Waals surface area (Å²) >= 11 is 9.17. The van der Waals surface area contributed by atoms with E-state index in [1.54, 1.807) is 24.5 Å². The summed E-state index contributed by atoms with van der Waals surface area (Å²) in [7, 11) is 0. The third-order valence-corrected chi connectivity index (χ3v) is 3.41. The number of halogens is 3. The topological polar surface area (TPSA) is 24.9 Å². The highest BCUT2D eigenvalue weighted by molar-refractivity contribution is 9.10. The van der Waals surface area contributed by atoms with Gasteiger partial charge in [0, 0.05) is 27.5 Å². The van der Waals surface area contributed by atoms with Crippen LogP contribution in [0.4, 0.5) is 4.39 Å². The Balaban J connectivity index is 2.45. The molecule has 1 heterocycles. The fraction of sp³-hybridized carbons (Fsp3) is 0.214. The Bertz CT molecular complexity index is 577. The maximum atomic E-state index is 14.1. The van der Waals surface area contributed by atoms with Crippen molar-refractivity contribution in [1.29, 1.82) is 0 Å². The molecule has 0 radical (unpaired) electrons. The highest BCUT2D eigenvalue weighted by Gasteiger charge is 2.17. The van der Waals surface area contributed by atoms with Crippen molar-refractivity contribution in [3.05, 3.63) is 63.1 Å². The number of nitrogens with zero attached hydrogens (tertiary/aromatic N) is 1. The molecule has 2 nitrogen and oxygen atoms in total. The molecule has 0 aliphatic heterocycles. The first kappa shape index (κ1) is 14.4. The van der Waals surface area contributed by atoms with Crippen molar-refractivity contribution < 1.29 is 4.39 Å². The lowest BCUT2D eigenvalue weighted by Crippen LogP contribution is -2.23. The first-order chi connectivity index (χ1) is 9.11. The monoisotopic (exact) mass is 342 g/mol. The van der Waals surface area contributed by atoms with Gasteiger partial charge in [-0.05, 0) is 46.2 Å². The van der Waals surface area contributed by atoms with E-state index >= 15 is 0 Å². The molecule has 0 aliphatic carbocycles. The van der Waals surface area contributed by atoms with Gasteiger partial charge in [0.2, 0.25) is 0 Å². The van der Waals surface area contributed by atoms with Crippen molar-refractivity contribution in [3.63, 3.8) is 0 Å². The lowest BCUT2D eigenvalue weighted by atomic mass is 9.99. The standard InChI is InChI=1S/C14H13BrClFN2/c1-2-19-14(9-5-10(15)8-18-7-9)12-4-3-11(16)6-13(12)17/h3-8,14,19H,2H2,1H3. The molecule has 0 aliphatic rings. The largest absolute Gasteiger partial charge is 0.306 e. The Morgan fingerprint density at radius 3 is 2.79 bits per heavy atom. The van der Waals surface area contributed by atoms with Crippen LogP contribution in [0.5, 0.6) is 0 Å². The summed E-state index contributed by atoms with van der Waals surface area (Å²) in [6.07, 6.45) is 3.43. The zero-order valence-corrected chi connectivity index (χ0v) is 12.7. The molecule has 5 heteroatoms. The molecular formula is C14H13BrClFN2. The van der Waals surface area contributed by atoms with Crippen LogP contribution < -0.4 is 5.32 Å². The minimum absolute atomic E-state index is 0.243. The van der Waals surface area contributed by atoms with E-state index in [-0.39, 0.29) is 11.9 Å². The smallest absolute Gasteiger partial charge is 0.129 e. The van der Waals surface area contributed by atoms with Gasteiger partial charge in [-0.25, -0.2) is 4.39 Å². The number of nitrogens with one attached hydrogen (secondary N) is 1. The Labute approximate surface area is 125 Å². The van der Waals surface area contributed by atoms with Crippen molar-refractivity contribution in [1.82, 2.24) is 10.3 Å². The SMILES string of the molecule is CCNC(c1cncc(Br)c1)c1ccc(Cl)cc1F. The summed E-state index contributed by atoms with van der Waals surface area (Å²) < 4.78 is 14.9. The van der Waals surface area contributed by atoms with E-state index in [4.69, 9.17) is 11.6 Å². The minimum Gasteiger partial charge on any atom is -0.306 e. The number of benzene rings is 1. The van der Waals surface area contributed by atoms with Gasteiger partial charge in [0.1, 0.15) is 5.82 Å². The van der Waals surface area contributed by atoms with E-state index in [2.05, 4.69) is 26.2 Å². The van der Waals surface area contributed by atoms with Crippen LogP contribution in [-0.4, -0.2) is 11.5 Å². The number of hydrogen-bond acceptors (Lipinski definition) is 2. The van der Waals surface area contributed by atoms with Gasteiger partial charge in [0.05, 0.1) is 6.04 Å². The van der Waals surface area contributed by atoms with Crippen LogP contribution in [0.3, 0.4) is 0 Å². The molecule has 1 N–H and O–H groups in total. The van der Waals surface area contributed by atoms with E-state index in [1.807, 2.05) is 13.0 Å². The normalized spacial score (nSPS) is 12.4. The van der Waals surface area contributed by atoms with Crippen LogP contribution in [0.25, 0.3) is 0 Å². The quantitative estimate of drug-likeness (QED) is 0.893. The maximum Gasteiger partial charge on any atom is 0.129 e. The van der Waals surface area contributed by atoms with Gasteiger partial charge in [-0.3, -0.25) is 4.98 Å². The molecule has 2 rings (SSSR count).